The highest BCUT2D eigenvalue weighted by atomic mass is 79.9. The standard InChI is InChI=1S/C24H27BrN2O2/c1-4-17(2)6-5-7-23(18(3)26)24(28)27-16-19-8-12-21(13-9-19)29-22-14-10-20(25)11-15-22/h5-15H,4,16,26H2,1-3H3,(H,27,28)/b7-5-,17-6?,23-18-. The molecule has 0 saturated heterocycles. The highest BCUT2D eigenvalue weighted by Gasteiger charge is 2.08. The first-order valence-corrected chi connectivity index (χ1v) is 10.3. The number of ether oxygens (including phenoxy) is 1. The Bertz CT molecular complexity index is 907. The molecule has 29 heavy (non-hydrogen) atoms. The molecule has 0 unspecified atom stereocenters. The Kier molecular flexibility index (Phi) is 8.74. The number of carbonyl (C=O) groups is 1. The molecule has 2 aromatic carbocycles. The lowest BCUT2D eigenvalue weighted by molar-refractivity contribution is -0.117. The molecular formula is C24H27BrN2O2. The Morgan fingerprint density at radius 3 is 2.21 bits per heavy atom. The van der Waals surface area contributed by atoms with E-state index in [1.54, 1.807) is 13.0 Å². The van der Waals surface area contributed by atoms with Crippen LogP contribution in [0.5, 0.6) is 11.5 Å². The second-order valence-corrected chi connectivity index (χ2v) is 7.62. The number of nitrogens with one attached hydrogen (secondary N) is 1. The Labute approximate surface area is 181 Å². The quantitative estimate of drug-likeness (QED) is 0.379. The molecule has 0 aromatic heterocycles. The van der Waals surface area contributed by atoms with E-state index < -0.39 is 0 Å². The zero-order valence-corrected chi connectivity index (χ0v) is 18.6. The van der Waals surface area contributed by atoms with Crippen molar-refractivity contribution in [2.75, 3.05) is 0 Å². The summed E-state index contributed by atoms with van der Waals surface area (Å²) >= 11 is 3.40. The molecule has 0 aliphatic heterocycles. The van der Waals surface area contributed by atoms with Gasteiger partial charge in [-0.15, -0.1) is 0 Å². The van der Waals surface area contributed by atoms with Gasteiger partial charge in [0, 0.05) is 16.7 Å². The van der Waals surface area contributed by atoms with Gasteiger partial charge < -0.3 is 15.8 Å². The minimum atomic E-state index is -0.195. The zero-order chi connectivity index (χ0) is 21.2. The maximum absolute atomic E-state index is 12.5. The van der Waals surface area contributed by atoms with Gasteiger partial charge in [0.1, 0.15) is 11.5 Å². The highest BCUT2D eigenvalue weighted by Crippen LogP contribution is 2.23. The fourth-order valence-corrected chi connectivity index (χ4v) is 2.67. The molecule has 0 radical (unpaired) electrons. The van der Waals surface area contributed by atoms with Crippen LogP contribution in [0.4, 0.5) is 0 Å². The monoisotopic (exact) mass is 454 g/mol. The predicted molar refractivity (Wildman–Crippen MR) is 123 cm³/mol. The molecule has 4 nitrogen and oxygen atoms in total. The lowest BCUT2D eigenvalue weighted by Gasteiger charge is -2.09. The van der Waals surface area contributed by atoms with Crippen molar-refractivity contribution >= 4 is 21.8 Å². The molecule has 1 amide bonds. The van der Waals surface area contributed by atoms with Crippen LogP contribution < -0.4 is 15.8 Å². The van der Waals surface area contributed by atoms with E-state index >= 15 is 0 Å². The Balaban J connectivity index is 1.95. The van der Waals surface area contributed by atoms with Gasteiger partial charge in [-0.2, -0.15) is 0 Å². The number of benzene rings is 2. The fraction of sp³-hybridized carbons (Fsp3) is 0.208. The van der Waals surface area contributed by atoms with Crippen molar-refractivity contribution in [2.45, 2.75) is 33.7 Å². The third-order valence-corrected chi connectivity index (χ3v) is 4.83. The summed E-state index contributed by atoms with van der Waals surface area (Å²) in [7, 11) is 0. The number of rotatable bonds is 8. The third kappa shape index (κ3) is 7.62. The molecule has 0 spiro atoms. The second kappa shape index (κ2) is 11.3. The average molecular weight is 455 g/mol. The Hall–Kier alpha value is -2.79. The smallest absolute Gasteiger partial charge is 0.253 e. The lowest BCUT2D eigenvalue weighted by Crippen LogP contribution is -2.25. The molecule has 0 fully saturated rings. The molecule has 0 atom stereocenters. The third-order valence-electron chi connectivity index (χ3n) is 4.30. The first kappa shape index (κ1) is 22.5. The van der Waals surface area contributed by atoms with E-state index in [9.17, 15) is 4.79 Å². The van der Waals surface area contributed by atoms with Gasteiger partial charge in [-0.1, -0.05) is 52.7 Å². The van der Waals surface area contributed by atoms with Gasteiger partial charge in [0.15, 0.2) is 0 Å². The van der Waals surface area contributed by atoms with E-state index in [-0.39, 0.29) is 5.91 Å². The van der Waals surface area contributed by atoms with Crippen molar-refractivity contribution in [1.29, 1.82) is 0 Å². The zero-order valence-electron chi connectivity index (χ0n) is 17.0. The van der Waals surface area contributed by atoms with E-state index in [1.807, 2.05) is 67.6 Å². The number of amides is 1. The lowest BCUT2D eigenvalue weighted by atomic mass is 10.1. The van der Waals surface area contributed by atoms with Crippen LogP contribution in [0.2, 0.25) is 0 Å². The molecule has 2 rings (SSSR count). The number of nitrogens with two attached hydrogens (primary N) is 1. The van der Waals surface area contributed by atoms with Crippen LogP contribution >= 0.6 is 15.9 Å². The number of allylic oxidation sites excluding steroid dienone is 4. The van der Waals surface area contributed by atoms with Crippen molar-refractivity contribution in [3.8, 4) is 11.5 Å². The van der Waals surface area contributed by atoms with Crippen LogP contribution in [-0.4, -0.2) is 5.91 Å². The molecule has 0 saturated carbocycles. The SMILES string of the molecule is CCC(C)=C/C=C\C(C(=O)NCc1ccc(Oc2ccc(Br)cc2)cc1)=C(/C)N. The minimum absolute atomic E-state index is 0.195. The summed E-state index contributed by atoms with van der Waals surface area (Å²) in [5.74, 6) is 1.31. The summed E-state index contributed by atoms with van der Waals surface area (Å²) in [5, 5.41) is 2.91. The van der Waals surface area contributed by atoms with Crippen molar-refractivity contribution in [3.63, 3.8) is 0 Å². The van der Waals surface area contributed by atoms with Crippen LogP contribution in [0.25, 0.3) is 0 Å². The van der Waals surface area contributed by atoms with Crippen LogP contribution in [0.1, 0.15) is 32.8 Å². The molecule has 0 aliphatic rings. The second-order valence-electron chi connectivity index (χ2n) is 6.70. The number of carbonyl (C=O) groups excluding carboxylic acids is 1. The summed E-state index contributed by atoms with van der Waals surface area (Å²) in [6, 6.07) is 15.3. The van der Waals surface area contributed by atoms with E-state index in [1.165, 1.54) is 5.57 Å². The van der Waals surface area contributed by atoms with E-state index in [0.29, 0.717) is 17.8 Å². The largest absolute Gasteiger partial charge is 0.457 e. The highest BCUT2D eigenvalue weighted by molar-refractivity contribution is 9.10. The van der Waals surface area contributed by atoms with Crippen molar-refractivity contribution in [2.24, 2.45) is 5.73 Å². The average Bonchev–Trinajstić information content (AvgIpc) is 2.71. The molecule has 5 heteroatoms. The summed E-state index contributed by atoms with van der Waals surface area (Å²) in [5.41, 5.74) is 9.05. The summed E-state index contributed by atoms with van der Waals surface area (Å²) in [4.78, 5) is 12.5. The Morgan fingerprint density at radius 2 is 1.66 bits per heavy atom. The predicted octanol–water partition coefficient (Wildman–Crippen LogP) is 6.00. The molecule has 2 aromatic rings. The molecule has 0 heterocycles. The molecule has 0 aliphatic carbocycles. The Morgan fingerprint density at radius 1 is 1.07 bits per heavy atom. The molecular weight excluding hydrogens is 428 g/mol. The summed E-state index contributed by atoms with van der Waals surface area (Å²) in [6.07, 6.45) is 6.57. The number of hydrogen-bond acceptors (Lipinski definition) is 3. The van der Waals surface area contributed by atoms with Gasteiger partial charge >= 0.3 is 0 Å². The van der Waals surface area contributed by atoms with Crippen molar-refractivity contribution < 1.29 is 9.53 Å². The van der Waals surface area contributed by atoms with E-state index in [4.69, 9.17) is 10.5 Å². The van der Waals surface area contributed by atoms with Crippen LogP contribution in [-0.2, 0) is 11.3 Å². The van der Waals surface area contributed by atoms with Gasteiger partial charge in [0.25, 0.3) is 5.91 Å². The molecule has 3 N–H and O–H groups in total. The van der Waals surface area contributed by atoms with Gasteiger partial charge in [-0.05, 0) is 68.3 Å². The topological polar surface area (TPSA) is 64.3 Å². The van der Waals surface area contributed by atoms with Gasteiger partial charge in [0.2, 0.25) is 0 Å². The molecule has 152 valence electrons. The summed E-state index contributed by atoms with van der Waals surface area (Å²) < 4.78 is 6.81. The minimum Gasteiger partial charge on any atom is -0.457 e. The number of hydrogen-bond donors (Lipinski definition) is 2. The van der Waals surface area contributed by atoms with E-state index in [0.717, 1.165) is 28.0 Å². The summed E-state index contributed by atoms with van der Waals surface area (Å²) in [6.45, 7) is 6.27. The normalized spacial score (nSPS) is 12.6. The van der Waals surface area contributed by atoms with Crippen LogP contribution in [0.15, 0.2) is 88.1 Å². The first-order chi connectivity index (χ1) is 13.9. The first-order valence-electron chi connectivity index (χ1n) is 9.49. The van der Waals surface area contributed by atoms with E-state index in [2.05, 4.69) is 28.2 Å². The number of halogens is 1. The maximum atomic E-state index is 12.5. The van der Waals surface area contributed by atoms with Gasteiger partial charge in [-0.25, -0.2) is 0 Å². The van der Waals surface area contributed by atoms with Crippen molar-refractivity contribution in [3.05, 3.63) is 93.6 Å². The fourth-order valence-electron chi connectivity index (χ4n) is 2.40. The van der Waals surface area contributed by atoms with Crippen LogP contribution in [0.3, 0.4) is 0 Å². The maximum Gasteiger partial charge on any atom is 0.253 e. The van der Waals surface area contributed by atoms with Crippen molar-refractivity contribution in [1.82, 2.24) is 5.32 Å². The van der Waals surface area contributed by atoms with Gasteiger partial charge in [-0.3, -0.25) is 4.79 Å². The van der Waals surface area contributed by atoms with Crippen LogP contribution in [0, 0.1) is 0 Å². The van der Waals surface area contributed by atoms with Gasteiger partial charge in [0.05, 0.1) is 5.57 Å². The molecule has 0 bridgehead atoms.